The van der Waals surface area contributed by atoms with E-state index in [9.17, 15) is 4.79 Å². The van der Waals surface area contributed by atoms with Gasteiger partial charge in [0.25, 0.3) is 0 Å². The molecule has 0 bridgehead atoms. The van der Waals surface area contributed by atoms with Gasteiger partial charge in [-0.3, -0.25) is 4.79 Å². The minimum absolute atomic E-state index is 0.133. The predicted molar refractivity (Wildman–Crippen MR) is 83.1 cm³/mol. The highest BCUT2D eigenvalue weighted by atomic mass is 32.1. The lowest BCUT2D eigenvalue weighted by Crippen LogP contribution is -2.20. The number of anilines is 2. The van der Waals surface area contributed by atoms with Crippen molar-refractivity contribution in [2.45, 2.75) is 19.0 Å². The van der Waals surface area contributed by atoms with Crippen LogP contribution in [0.1, 0.15) is 29.4 Å². The highest BCUT2D eigenvalue weighted by molar-refractivity contribution is 7.10. The Morgan fingerprint density at radius 1 is 1.40 bits per heavy atom. The van der Waals surface area contributed by atoms with Crippen LogP contribution in [0.25, 0.3) is 0 Å². The first-order valence-electron chi connectivity index (χ1n) is 6.54. The van der Waals surface area contributed by atoms with Crippen LogP contribution in [0.3, 0.4) is 0 Å². The van der Waals surface area contributed by atoms with E-state index in [-0.39, 0.29) is 5.91 Å². The Morgan fingerprint density at radius 2 is 2.20 bits per heavy atom. The maximum Gasteiger partial charge on any atom is 0.245 e. The van der Waals surface area contributed by atoms with Crippen LogP contribution in [0.15, 0.2) is 35.7 Å². The predicted octanol–water partition coefficient (Wildman–Crippen LogP) is 2.90. The highest BCUT2D eigenvalue weighted by Crippen LogP contribution is 2.35. The minimum atomic E-state index is -0.543. The first-order valence-corrected chi connectivity index (χ1v) is 7.42. The first kappa shape index (κ1) is 13.1. The van der Waals surface area contributed by atoms with Crippen LogP contribution in [0.5, 0.6) is 0 Å². The number of nitrogens with zero attached hydrogens (tertiary/aromatic N) is 1. The van der Waals surface area contributed by atoms with E-state index in [1.807, 2.05) is 18.2 Å². The third kappa shape index (κ3) is 2.09. The Hall–Kier alpha value is -1.85. The SMILES string of the molecule is CC(c1cccs1)N(C)c1ccc2c(c1)NC(=O)C2N. The lowest BCUT2D eigenvalue weighted by molar-refractivity contribution is -0.116. The fraction of sp³-hybridized carbons (Fsp3) is 0.267. The monoisotopic (exact) mass is 287 g/mol. The molecule has 1 aliphatic heterocycles. The van der Waals surface area contributed by atoms with E-state index < -0.39 is 6.04 Å². The molecule has 3 rings (SSSR count). The van der Waals surface area contributed by atoms with Crippen molar-refractivity contribution in [3.05, 3.63) is 46.2 Å². The van der Waals surface area contributed by atoms with Crippen molar-refractivity contribution in [2.24, 2.45) is 5.73 Å². The molecule has 0 radical (unpaired) electrons. The Morgan fingerprint density at radius 3 is 2.90 bits per heavy atom. The summed E-state index contributed by atoms with van der Waals surface area (Å²) >= 11 is 1.75. The van der Waals surface area contributed by atoms with E-state index >= 15 is 0 Å². The van der Waals surface area contributed by atoms with Crippen molar-refractivity contribution in [1.29, 1.82) is 0 Å². The Kier molecular flexibility index (Phi) is 3.23. The van der Waals surface area contributed by atoms with Gasteiger partial charge < -0.3 is 16.0 Å². The Labute approximate surface area is 122 Å². The summed E-state index contributed by atoms with van der Waals surface area (Å²) in [6.45, 7) is 2.17. The van der Waals surface area contributed by atoms with E-state index in [0.29, 0.717) is 6.04 Å². The molecule has 1 amide bonds. The van der Waals surface area contributed by atoms with Gasteiger partial charge in [0.2, 0.25) is 5.91 Å². The van der Waals surface area contributed by atoms with Crippen molar-refractivity contribution in [2.75, 3.05) is 17.3 Å². The molecule has 2 aromatic rings. The quantitative estimate of drug-likeness (QED) is 0.912. The third-order valence-corrected chi connectivity index (χ3v) is 4.90. The summed E-state index contributed by atoms with van der Waals surface area (Å²) in [4.78, 5) is 15.1. The molecular formula is C15H17N3OS. The van der Waals surface area contributed by atoms with Crippen molar-refractivity contribution >= 4 is 28.6 Å². The van der Waals surface area contributed by atoms with Gasteiger partial charge in [0.15, 0.2) is 0 Å². The molecule has 2 heterocycles. The molecule has 4 nitrogen and oxygen atoms in total. The summed E-state index contributed by atoms with van der Waals surface area (Å²) in [5, 5.41) is 4.91. The summed E-state index contributed by atoms with van der Waals surface area (Å²) < 4.78 is 0. The smallest absolute Gasteiger partial charge is 0.245 e. The van der Waals surface area contributed by atoms with Crippen molar-refractivity contribution < 1.29 is 4.79 Å². The second kappa shape index (κ2) is 4.92. The van der Waals surface area contributed by atoms with Crippen LogP contribution in [0.2, 0.25) is 0 Å². The molecule has 1 aromatic carbocycles. The Bertz CT molecular complexity index is 639. The number of amides is 1. The number of fused-ring (bicyclic) bond motifs is 1. The van der Waals surface area contributed by atoms with Gasteiger partial charge in [-0.05, 0) is 30.5 Å². The summed E-state index contributed by atoms with van der Waals surface area (Å²) in [7, 11) is 2.06. The van der Waals surface area contributed by atoms with Gasteiger partial charge in [-0.2, -0.15) is 0 Å². The number of carbonyl (C=O) groups is 1. The van der Waals surface area contributed by atoms with E-state index in [1.54, 1.807) is 11.3 Å². The number of hydrogen-bond acceptors (Lipinski definition) is 4. The molecular weight excluding hydrogens is 270 g/mol. The largest absolute Gasteiger partial charge is 0.367 e. The molecule has 0 saturated carbocycles. The molecule has 2 atom stereocenters. The fourth-order valence-corrected chi connectivity index (χ4v) is 3.26. The van der Waals surface area contributed by atoms with Crippen LogP contribution in [0.4, 0.5) is 11.4 Å². The second-order valence-corrected chi connectivity index (χ2v) is 6.02. The normalized spacial score (nSPS) is 18.6. The maximum atomic E-state index is 11.6. The Balaban J connectivity index is 1.89. The van der Waals surface area contributed by atoms with Gasteiger partial charge >= 0.3 is 0 Å². The van der Waals surface area contributed by atoms with Gasteiger partial charge in [-0.1, -0.05) is 12.1 Å². The van der Waals surface area contributed by atoms with Crippen molar-refractivity contribution in [1.82, 2.24) is 0 Å². The zero-order chi connectivity index (χ0) is 14.3. The van der Waals surface area contributed by atoms with Crippen LogP contribution >= 0.6 is 11.3 Å². The van der Waals surface area contributed by atoms with Crippen molar-refractivity contribution in [3.63, 3.8) is 0 Å². The molecule has 0 saturated heterocycles. The van der Waals surface area contributed by atoms with E-state index in [4.69, 9.17) is 5.73 Å². The second-order valence-electron chi connectivity index (χ2n) is 5.04. The molecule has 5 heteroatoms. The standard InChI is InChI=1S/C15H17N3OS/c1-9(13-4-3-7-20-13)18(2)10-5-6-11-12(8-10)17-15(19)14(11)16/h3-9,14H,16H2,1-2H3,(H,17,19). The maximum absolute atomic E-state index is 11.6. The summed E-state index contributed by atoms with van der Waals surface area (Å²) in [6, 6.07) is 9.89. The van der Waals surface area contributed by atoms with Gasteiger partial charge in [0.1, 0.15) is 6.04 Å². The van der Waals surface area contributed by atoms with Crippen molar-refractivity contribution in [3.8, 4) is 0 Å². The van der Waals surface area contributed by atoms with E-state index in [2.05, 4.69) is 41.7 Å². The first-order chi connectivity index (χ1) is 9.58. The van der Waals surface area contributed by atoms with Crippen LogP contribution < -0.4 is 16.0 Å². The topological polar surface area (TPSA) is 58.4 Å². The molecule has 1 aliphatic rings. The zero-order valence-corrected chi connectivity index (χ0v) is 12.3. The van der Waals surface area contributed by atoms with E-state index in [1.165, 1.54) is 4.88 Å². The van der Waals surface area contributed by atoms with Crippen LogP contribution in [-0.2, 0) is 4.79 Å². The van der Waals surface area contributed by atoms with Gasteiger partial charge in [-0.15, -0.1) is 11.3 Å². The number of benzene rings is 1. The summed E-state index contributed by atoms with van der Waals surface area (Å²) in [5.41, 5.74) is 8.59. The number of thiophene rings is 1. The fourth-order valence-electron chi connectivity index (χ4n) is 2.44. The van der Waals surface area contributed by atoms with Gasteiger partial charge in [-0.25, -0.2) is 0 Å². The average Bonchev–Trinajstić information content (AvgIpc) is 3.07. The number of hydrogen-bond donors (Lipinski definition) is 2. The number of rotatable bonds is 3. The molecule has 0 spiro atoms. The molecule has 2 unspecified atom stereocenters. The molecule has 0 aliphatic carbocycles. The molecule has 104 valence electrons. The molecule has 20 heavy (non-hydrogen) atoms. The lowest BCUT2D eigenvalue weighted by atomic mass is 10.1. The summed E-state index contributed by atoms with van der Waals surface area (Å²) in [5.74, 6) is -0.133. The average molecular weight is 287 g/mol. The van der Waals surface area contributed by atoms with Crippen LogP contribution in [-0.4, -0.2) is 13.0 Å². The zero-order valence-electron chi connectivity index (χ0n) is 11.5. The lowest BCUT2D eigenvalue weighted by Gasteiger charge is -2.26. The number of nitrogens with two attached hydrogens (primary N) is 1. The number of nitrogens with one attached hydrogen (secondary N) is 1. The van der Waals surface area contributed by atoms with Crippen LogP contribution in [0, 0.1) is 0 Å². The van der Waals surface area contributed by atoms with E-state index in [0.717, 1.165) is 16.9 Å². The van der Waals surface area contributed by atoms with Gasteiger partial charge in [0.05, 0.1) is 6.04 Å². The molecule has 3 N–H and O–H groups in total. The third-order valence-electron chi connectivity index (χ3n) is 3.86. The summed E-state index contributed by atoms with van der Waals surface area (Å²) in [6.07, 6.45) is 0. The molecule has 0 fully saturated rings. The minimum Gasteiger partial charge on any atom is -0.367 e. The number of carbonyl (C=O) groups excluding carboxylic acids is 1. The molecule has 1 aromatic heterocycles. The van der Waals surface area contributed by atoms with Gasteiger partial charge in [0, 0.05) is 28.9 Å². The highest BCUT2D eigenvalue weighted by Gasteiger charge is 2.27.